The van der Waals surface area contributed by atoms with Gasteiger partial charge in [0.1, 0.15) is 5.01 Å². The number of nitrogens with one attached hydrogen (secondary N) is 2. The first-order chi connectivity index (χ1) is 12.5. The topological polar surface area (TPSA) is 114 Å². The Bertz CT molecular complexity index is 998. The van der Waals surface area contributed by atoms with Crippen LogP contribution in [-0.2, 0) is 27.7 Å². The van der Waals surface area contributed by atoms with E-state index in [1.54, 1.807) is 23.6 Å². The number of amides is 1. The van der Waals surface area contributed by atoms with Crippen LogP contribution in [0.5, 0.6) is 0 Å². The summed E-state index contributed by atoms with van der Waals surface area (Å²) in [6.07, 6.45) is 0.773. The van der Waals surface area contributed by atoms with Crippen molar-refractivity contribution in [3.63, 3.8) is 0 Å². The first-order valence-electron chi connectivity index (χ1n) is 7.61. The summed E-state index contributed by atoms with van der Waals surface area (Å²) < 4.78 is 27.0. The van der Waals surface area contributed by atoms with E-state index in [0.29, 0.717) is 10.8 Å². The Hall–Kier alpha value is -2.37. The molecule has 2 aromatic heterocycles. The van der Waals surface area contributed by atoms with Gasteiger partial charge in [0.2, 0.25) is 11.0 Å². The lowest BCUT2D eigenvalue weighted by Crippen LogP contribution is -2.15. The highest BCUT2D eigenvalue weighted by atomic mass is 32.2. The highest BCUT2D eigenvalue weighted by molar-refractivity contribution is 7.93. The van der Waals surface area contributed by atoms with Crippen LogP contribution in [0.15, 0.2) is 40.6 Å². The van der Waals surface area contributed by atoms with Crippen molar-refractivity contribution in [2.75, 3.05) is 10.0 Å². The fourth-order valence-corrected chi connectivity index (χ4v) is 4.66. The lowest BCUT2D eigenvalue weighted by Gasteiger charge is -2.04. The van der Waals surface area contributed by atoms with Crippen molar-refractivity contribution in [2.45, 2.75) is 24.7 Å². The van der Waals surface area contributed by atoms with E-state index in [4.69, 9.17) is 0 Å². The molecule has 0 bridgehead atoms. The second kappa shape index (κ2) is 7.89. The smallest absolute Gasteiger partial charge is 0.263 e. The molecule has 0 radical (unpaired) electrons. The molecule has 0 saturated carbocycles. The molecule has 1 amide bonds. The zero-order chi connectivity index (χ0) is 18.6. The molecule has 0 atom stereocenters. The number of sulfonamides is 1. The predicted molar refractivity (Wildman–Crippen MR) is 101 cm³/mol. The first-order valence-corrected chi connectivity index (χ1v) is 10.8. The van der Waals surface area contributed by atoms with Gasteiger partial charge in [-0.3, -0.25) is 9.52 Å². The number of nitrogens with zero attached hydrogens (tertiary/aromatic N) is 3. The molecular weight excluding hydrogens is 394 g/mol. The van der Waals surface area contributed by atoms with Crippen molar-refractivity contribution < 1.29 is 13.2 Å². The number of carbonyl (C=O) groups is 1. The Morgan fingerprint density at radius 3 is 2.62 bits per heavy atom. The Labute approximate surface area is 158 Å². The van der Waals surface area contributed by atoms with Gasteiger partial charge < -0.3 is 5.32 Å². The molecule has 2 N–H and O–H groups in total. The number of carbonyl (C=O) groups excluding carboxylic acids is 1. The van der Waals surface area contributed by atoms with E-state index in [1.807, 2.05) is 6.92 Å². The van der Waals surface area contributed by atoms with Gasteiger partial charge in [0, 0.05) is 5.38 Å². The predicted octanol–water partition coefficient (Wildman–Crippen LogP) is 2.54. The number of aryl methyl sites for hydroxylation is 1. The van der Waals surface area contributed by atoms with Gasteiger partial charge in [-0.25, -0.2) is 13.4 Å². The summed E-state index contributed by atoms with van der Waals surface area (Å²) in [5, 5.41) is 13.6. The highest BCUT2D eigenvalue weighted by Crippen LogP contribution is 2.21. The van der Waals surface area contributed by atoms with Gasteiger partial charge in [-0.05, 0) is 18.6 Å². The lowest BCUT2D eigenvalue weighted by molar-refractivity contribution is -0.115. The largest absolute Gasteiger partial charge is 0.300 e. The van der Waals surface area contributed by atoms with Crippen LogP contribution < -0.4 is 10.0 Å². The molecule has 0 aliphatic carbocycles. The van der Waals surface area contributed by atoms with Crippen LogP contribution in [0.25, 0.3) is 0 Å². The Morgan fingerprint density at radius 2 is 1.92 bits per heavy atom. The van der Waals surface area contributed by atoms with E-state index in [9.17, 15) is 13.2 Å². The Morgan fingerprint density at radius 1 is 1.15 bits per heavy atom. The fraction of sp³-hybridized carbons (Fsp3) is 0.200. The van der Waals surface area contributed by atoms with Crippen LogP contribution in [0.1, 0.15) is 17.6 Å². The molecule has 0 spiro atoms. The maximum Gasteiger partial charge on any atom is 0.263 e. The SMILES string of the molecule is CCc1nnc(NC(=O)Cc2csc(NS(=O)(=O)c3ccccc3)n2)s1. The molecule has 11 heteroatoms. The molecule has 0 unspecified atom stereocenters. The third-order valence-electron chi connectivity index (χ3n) is 3.18. The summed E-state index contributed by atoms with van der Waals surface area (Å²) in [6, 6.07) is 8.02. The molecule has 1 aromatic carbocycles. The first kappa shape index (κ1) is 18.4. The van der Waals surface area contributed by atoms with Gasteiger partial charge in [-0.1, -0.05) is 36.5 Å². The molecule has 3 rings (SSSR count). The minimum absolute atomic E-state index is 0.0185. The number of hydrogen-bond donors (Lipinski definition) is 2. The standard InChI is InChI=1S/C15H15N5O3S3/c1-2-13-18-19-14(25-13)17-12(21)8-10-9-24-15(16-10)20-26(22,23)11-6-4-3-5-7-11/h3-7,9H,2,8H2,1H3,(H,16,20)(H,17,19,21). The van der Waals surface area contributed by atoms with Crippen molar-refractivity contribution in [1.29, 1.82) is 0 Å². The van der Waals surface area contributed by atoms with E-state index < -0.39 is 10.0 Å². The summed E-state index contributed by atoms with van der Waals surface area (Å²) in [4.78, 5) is 16.4. The zero-order valence-electron chi connectivity index (χ0n) is 13.7. The molecule has 0 aliphatic rings. The third-order valence-corrected chi connectivity index (χ3v) is 6.46. The van der Waals surface area contributed by atoms with Crippen LogP contribution in [0.3, 0.4) is 0 Å². The summed E-state index contributed by atoms with van der Waals surface area (Å²) in [6.45, 7) is 1.96. The minimum atomic E-state index is -3.70. The van der Waals surface area contributed by atoms with Crippen molar-refractivity contribution >= 4 is 48.9 Å². The second-order valence-corrected chi connectivity index (χ2v) is 8.74. The zero-order valence-corrected chi connectivity index (χ0v) is 16.1. The molecule has 0 fully saturated rings. The van der Waals surface area contributed by atoms with Crippen molar-refractivity contribution in [1.82, 2.24) is 15.2 Å². The number of anilines is 2. The molecule has 136 valence electrons. The normalized spacial score (nSPS) is 11.3. The quantitative estimate of drug-likeness (QED) is 0.620. The van der Waals surface area contributed by atoms with Crippen LogP contribution in [0.2, 0.25) is 0 Å². The molecule has 26 heavy (non-hydrogen) atoms. The number of benzene rings is 1. The van der Waals surface area contributed by atoms with Gasteiger partial charge >= 0.3 is 0 Å². The molecule has 0 aliphatic heterocycles. The summed E-state index contributed by atoms with van der Waals surface area (Å²) in [7, 11) is -3.70. The Balaban J connectivity index is 1.61. The van der Waals surface area contributed by atoms with E-state index in [-0.39, 0.29) is 22.4 Å². The molecule has 0 saturated heterocycles. The minimum Gasteiger partial charge on any atom is -0.300 e. The maximum atomic E-state index is 12.3. The number of rotatable bonds is 7. The number of hydrogen-bond acceptors (Lipinski definition) is 8. The molecule has 2 heterocycles. The van der Waals surface area contributed by atoms with Crippen LogP contribution >= 0.6 is 22.7 Å². The van der Waals surface area contributed by atoms with Gasteiger partial charge in [-0.15, -0.1) is 21.5 Å². The summed E-state index contributed by atoms with van der Waals surface area (Å²) in [5.41, 5.74) is 0.471. The van der Waals surface area contributed by atoms with Crippen molar-refractivity contribution in [3.05, 3.63) is 46.4 Å². The van der Waals surface area contributed by atoms with Gasteiger partial charge in [-0.2, -0.15) is 0 Å². The van der Waals surface area contributed by atoms with E-state index >= 15 is 0 Å². The molecule has 3 aromatic rings. The second-order valence-electron chi connectivity index (χ2n) is 5.14. The summed E-state index contributed by atoms with van der Waals surface area (Å²) >= 11 is 2.44. The van der Waals surface area contributed by atoms with Gasteiger partial charge in [0.25, 0.3) is 10.0 Å². The average molecular weight is 410 g/mol. The number of thiazole rings is 1. The van der Waals surface area contributed by atoms with E-state index in [1.165, 1.54) is 23.5 Å². The maximum absolute atomic E-state index is 12.3. The van der Waals surface area contributed by atoms with Gasteiger partial charge in [0.15, 0.2) is 5.13 Å². The van der Waals surface area contributed by atoms with Crippen molar-refractivity contribution in [3.8, 4) is 0 Å². The van der Waals surface area contributed by atoms with Crippen LogP contribution in [-0.4, -0.2) is 29.5 Å². The van der Waals surface area contributed by atoms with E-state index in [0.717, 1.165) is 22.8 Å². The van der Waals surface area contributed by atoms with Gasteiger partial charge in [0.05, 0.1) is 17.0 Å². The fourth-order valence-electron chi connectivity index (χ4n) is 1.98. The number of aromatic nitrogens is 3. The molecule has 8 nitrogen and oxygen atoms in total. The lowest BCUT2D eigenvalue weighted by atomic mass is 10.3. The average Bonchev–Trinajstić information content (AvgIpc) is 3.24. The third kappa shape index (κ3) is 4.62. The van der Waals surface area contributed by atoms with Crippen LogP contribution in [0, 0.1) is 0 Å². The summed E-state index contributed by atoms with van der Waals surface area (Å²) in [5.74, 6) is -0.286. The van der Waals surface area contributed by atoms with Crippen molar-refractivity contribution in [2.24, 2.45) is 0 Å². The van der Waals surface area contributed by atoms with Crippen LogP contribution in [0.4, 0.5) is 10.3 Å². The highest BCUT2D eigenvalue weighted by Gasteiger charge is 2.16. The van der Waals surface area contributed by atoms with E-state index in [2.05, 4.69) is 25.2 Å². The monoisotopic (exact) mass is 409 g/mol. The molecular formula is C15H15N5O3S3. The Kier molecular flexibility index (Phi) is 5.59.